The first-order valence-corrected chi connectivity index (χ1v) is 22.1. The lowest BCUT2D eigenvalue weighted by Gasteiger charge is -2.33. The Labute approximate surface area is 372 Å². The van der Waals surface area contributed by atoms with Crippen LogP contribution in [0.1, 0.15) is 81.4 Å². The maximum atomic E-state index is 15.0. The molecule has 16 heteroatoms. The number of H-pyrrole nitrogens is 1. The number of nitrogens with one attached hydrogen (secondary N) is 6. The quantitative estimate of drug-likeness (QED) is 0.0979. The molecule has 1 aromatic heterocycles. The number of unbranched alkanes of at least 4 members (excludes halogenated alkanes) is 1. The normalized spacial score (nSPS) is 23.7. The van der Waals surface area contributed by atoms with Gasteiger partial charge in [0.05, 0.1) is 13.2 Å². The SMILES string of the molecule is CCCC[C@@H]1NC(=O)[C@H]([C@H](CCC(=O)OC)c2c[nH]c3ccccc23)NC(=O)[C@H](Cc2ccccc2)NC(=O)[C@@H]2CCCN2C(=O)[C@H](Cc2ccccc2)NC(=O)[C@H]([C@@H](C)O)NC1=O. The summed E-state index contributed by atoms with van der Waals surface area (Å²) in [6.07, 6.45) is 2.21. The molecule has 2 aliphatic heterocycles. The van der Waals surface area contributed by atoms with Crippen molar-refractivity contribution < 1.29 is 43.4 Å². The van der Waals surface area contributed by atoms with Crippen LogP contribution in [0.15, 0.2) is 91.1 Å². The number of fused-ring (bicyclic) bond motifs is 2. The monoisotopic (exact) mass is 877 g/mol. The number of esters is 1. The molecule has 0 unspecified atom stereocenters. The second-order valence-corrected chi connectivity index (χ2v) is 16.6. The zero-order valence-electron chi connectivity index (χ0n) is 36.5. The molecule has 8 atom stereocenters. The minimum atomic E-state index is -1.55. The number of carbonyl (C=O) groups excluding carboxylic acids is 7. The molecule has 0 saturated carbocycles. The topological polar surface area (TPSA) is 228 Å². The van der Waals surface area contributed by atoms with Crippen LogP contribution in [-0.2, 0) is 51.1 Å². The molecule has 16 nitrogen and oxygen atoms in total. The molecule has 3 heterocycles. The summed E-state index contributed by atoms with van der Waals surface area (Å²) in [6, 6.07) is 17.7. The van der Waals surface area contributed by atoms with Gasteiger partial charge in [0.25, 0.3) is 0 Å². The van der Waals surface area contributed by atoms with Crippen LogP contribution in [0.4, 0.5) is 0 Å². The Morgan fingerprint density at radius 1 is 0.734 bits per heavy atom. The number of aliphatic hydroxyl groups excluding tert-OH is 1. The highest BCUT2D eigenvalue weighted by atomic mass is 16.5. The van der Waals surface area contributed by atoms with Crippen LogP contribution in [0.25, 0.3) is 10.9 Å². The standard InChI is InChI=1S/C48H59N7O9/c1-4-5-20-36-43(58)53-41(29(2)56)46(61)52-38(27-31-17-10-7-11-18-31)48(63)55-25-14-22-39(55)45(60)51-37(26-30-15-8-6-9-16-30)44(59)54-42(47(62)50-36)33(23-24-40(57)64-3)34-28-49-35-21-13-12-19-32(34)35/h6-13,15-19,21,28-29,33,36-39,41-42,49,56H,4-5,14,20,22-27H2,1-3H3,(H,50,62)(H,51,60)(H,52,61)(H,53,58)(H,54,59)/t29-,33-,36+,37+,38+,39+,41+,42+/m1/s1. The van der Waals surface area contributed by atoms with Crippen LogP contribution in [0.5, 0.6) is 0 Å². The van der Waals surface area contributed by atoms with E-state index in [2.05, 4.69) is 31.6 Å². The van der Waals surface area contributed by atoms with E-state index in [0.717, 1.165) is 16.5 Å². The number of para-hydroxylation sites is 1. The first-order valence-electron chi connectivity index (χ1n) is 22.1. The van der Waals surface area contributed by atoms with E-state index in [9.17, 15) is 38.7 Å². The molecule has 0 bridgehead atoms. The van der Waals surface area contributed by atoms with E-state index in [4.69, 9.17) is 4.74 Å². The van der Waals surface area contributed by atoms with E-state index >= 15 is 0 Å². The number of carbonyl (C=O) groups is 7. The second kappa shape index (κ2) is 22.2. The molecule has 2 fully saturated rings. The van der Waals surface area contributed by atoms with Crippen molar-refractivity contribution >= 4 is 52.3 Å². The molecule has 340 valence electrons. The highest BCUT2D eigenvalue weighted by molar-refractivity contribution is 5.99. The third-order valence-electron chi connectivity index (χ3n) is 12.1. The summed E-state index contributed by atoms with van der Waals surface area (Å²) in [4.78, 5) is 105. The maximum Gasteiger partial charge on any atom is 0.305 e. The number of aromatic amines is 1. The second-order valence-electron chi connectivity index (χ2n) is 16.6. The Hall–Kier alpha value is -6.55. The highest BCUT2D eigenvalue weighted by Gasteiger charge is 2.42. The molecule has 7 N–H and O–H groups in total. The van der Waals surface area contributed by atoms with E-state index in [0.29, 0.717) is 30.4 Å². The lowest BCUT2D eigenvalue weighted by atomic mass is 9.85. The number of hydrogen-bond acceptors (Lipinski definition) is 9. The minimum Gasteiger partial charge on any atom is -0.469 e. The Morgan fingerprint density at radius 2 is 1.31 bits per heavy atom. The molecule has 64 heavy (non-hydrogen) atoms. The zero-order valence-corrected chi connectivity index (χ0v) is 36.5. The van der Waals surface area contributed by atoms with Crippen molar-refractivity contribution in [3.63, 3.8) is 0 Å². The Balaban J connectivity index is 1.46. The number of nitrogens with zero attached hydrogens (tertiary/aromatic N) is 1. The van der Waals surface area contributed by atoms with Gasteiger partial charge in [0.1, 0.15) is 36.3 Å². The van der Waals surface area contributed by atoms with Crippen LogP contribution >= 0.6 is 0 Å². The molecule has 2 aliphatic rings. The van der Waals surface area contributed by atoms with E-state index in [-0.39, 0.29) is 45.1 Å². The number of ether oxygens (including phenoxy) is 1. The van der Waals surface area contributed by atoms with Crippen LogP contribution in [0.2, 0.25) is 0 Å². The van der Waals surface area contributed by atoms with Gasteiger partial charge in [-0.15, -0.1) is 0 Å². The third-order valence-corrected chi connectivity index (χ3v) is 12.1. The fraction of sp³-hybridized carbons (Fsp3) is 0.438. The van der Waals surface area contributed by atoms with E-state index in [1.165, 1.54) is 18.9 Å². The van der Waals surface area contributed by atoms with Gasteiger partial charge in [-0.25, -0.2) is 0 Å². The molecule has 6 amide bonds. The molecular formula is C48H59N7O9. The summed E-state index contributed by atoms with van der Waals surface area (Å²) in [5.41, 5.74) is 2.77. The van der Waals surface area contributed by atoms with E-state index < -0.39 is 89.7 Å². The number of aliphatic hydroxyl groups is 1. The molecule has 3 aromatic carbocycles. The summed E-state index contributed by atoms with van der Waals surface area (Å²) in [6.45, 7) is 3.43. The number of aromatic nitrogens is 1. The number of hydrogen-bond donors (Lipinski definition) is 7. The van der Waals surface area contributed by atoms with Gasteiger partial charge in [-0.1, -0.05) is 98.6 Å². The lowest BCUT2D eigenvalue weighted by Crippen LogP contribution is -2.63. The summed E-state index contributed by atoms with van der Waals surface area (Å²) in [5, 5.41) is 25.8. The van der Waals surface area contributed by atoms with Gasteiger partial charge < -0.3 is 46.3 Å². The van der Waals surface area contributed by atoms with Crippen molar-refractivity contribution in [1.82, 2.24) is 36.5 Å². The van der Waals surface area contributed by atoms with Gasteiger partial charge in [-0.3, -0.25) is 33.6 Å². The average Bonchev–Trinajstić information content (AvgIpc) is 3.97. The van der Waals surface area contributed by atoms with Gasteiger partial charge in [0, 0.05) is 48.8 Å². The third kappa shape index (κ3) is 11.7. The van der Waals surface area contributed by atoms with Crippen LogP contribution < -0.4 is 26.6 Å². The fourth-order valence-electron chi connectivity index (χ4n) is 8.62. The number of benzene rings is 3. The highest BCUT2D eigenvalue weighted by Crippen LogP contribution is 2.32. The largest absolute Gasteiger partial charge is 0.469 e. The van der Waals surface area contributed by atoms with Crippen LogP contribution in [-0.4, -0.2) is 112 Å². The van der Waals surface area contributed by atoms with Gasteiger partial charge in [-0.05, 0) is 55.4 Å². The molecule has 2 saturated heterocycles. The Morgan fingerprint density at radius 3 is 1.97 bits per heavy atom. The molecule has 0 radical (unpaired) electrons. The summed E-state index contributed by atoms with van der Waals surface area (Å²) in [5.74, 6) is -5.65. The number of methoxy groups -OCH3 is 1. The van der Waals surface area contributed by atoms with Gasteiger partial charge in [0.2, 0.25) is 35.4 Å². The van der Waals surface area contributed by atoms with Gasteiger partial charge >= 0.3 is 5.97 Å². The number of rotatable bonds is 13. The average molecular weight is 878 g/mol. The maximum absolute atomic E-state index is 15.0. The molecule has 6 rings (SSSR count). The first-order chi connectivity index (χ1) is 30.9. The smallest absolute Gasteiger partial charge is 0.305 e. The van der Waals surface area contributed by atoms with Gasteiger partial charge in [-0.2, -0.15) is 0 Å². The van der Waals surface area contributed by atoms with E-state index in [1.54, 1.807) is 54.7 Å². The molecule has 4 aromatic rings. The molecule has 0 spiro atoms. The molecular weight excluding hydrogens is 819 g/mol. The zero-order chi connectivity index (χ0) is 45.8. The van der Waals surface area contributed by atoms with Crippen molar-refractivity contribution in [2.24, 2.45) is 0 Å². The Bertz CT molecular complexity index is 2270. The van der Waals surface area contributed by atoms with Crippen molar-refractivity contribution in [1.29, 1.82) is 0 Å². The summed E-state index contributed by atoms with van der Waals surface area (Å²) < 4.78 is 4.99. The van der Waals surface area contributed by atoms with Crippen molar-refractivity contribution in [2.75, 3.05) is 13.7 Å². The van der Waals surface area contributed by atoms with Crippen molar-refractivity contribution in [3.05, 3.63) is 108 Å². The van der Waals surface area contributed by atoms with Crippen molar-refractivity contribution in [2.45, 2.75) is 120 Å². The lowest BCUT2D eigenvalue weighted by molar-refractivity contribution is -0.143. The number of amides is 6. The predicted octanol–water partition coefficient (Wildman–Crippen LogP) is 2.69. The summed E-state index contributed by atoms with van der Waals surface area (Å²) in [7, 11) is 1.26. The van der Waals surface area contributed by atoms with Gasteiger partial charge in [0.15, 0.2) is 0 Å². The fourth-order valence-corrected chi connectivity index (χ4v) is 8.62. The first kappa shape index (κ1) is 46.9. The van der Waals surface area contributed by atoms with Crippen molar-refractivity contribution in [3.8, 4) is 0 Å². The van der Waals surface area contributed by atoms with Crippen LogP contribution in [0.3, 0.4) is 0 Å². The molecule has 0 aliphatic carbocycles. The minimum absolute atomic E-state index is 0.0162. The van der Waals surface area contributed by atoms with Crippen LogP contribution in [0, 0.1) is 0 Å². The predicted molar refractivity (Wildman–Crippen MR) is 238 cm³/mol. The van der Waals surface area contributed by atoms with E-state index in [1.807, 2.05) is 43.3 Å². The summed E-state index contributed by atoms with van der Waals surface area (Å²) >= 11 is 0. The Kier molecular flexibility index (Phi) is 16.3.